The van der Waals surface area contributed by atoms with Crippen LogP contribution >= 0.6 is 0 Å². The lowest BCUT2D eigenvalue weighted by Crippen LogP contribution is -2.49. The quantitative estimate of drug-likeness (QED) is 0.615. The molecule has 0 aliphatic carbocycles. The van der Waals surface area contributed by atoms with Crippen LogP contribution in [0.3, 0.4) is 0 Å². The highest BCUT2D eigenvalue weighted by Crippen LogP contribution is 2.29. The Morgan fingerprint density at radius 2 is 2.26 bits per heavy atom. The second kappa shape index (κ2) is 6.68. The molecule has 1 rings (SSSR count). The molecule has 0 bridgehead atoms. The minimum Gasteiger partial charge on any atom is -0.334 e. The summed E-state index contributed by atoms with van der Waals surface area (Å²) in [6, 6.07) is -0.819. The molecule has 0 radical (unpaired) electrons. The molecule has 0 spiro atoms. The Morgan fingerprint density at radius 1 is 1.58 bits per heavy atom. The van der Waals surface area contributed by atoms with Gasteiger partial charge in [0.15, 0.2) is 0 Å². The van der Waals surface area contributed by atoms with E-state index >= 15 is 0 Å². The molecule has 108 valence electrons. The van der Waals surface area contributed by atoms with Gasteiger partial charge in [-0.05, 0) is 31.8 Å². The van der Waals surface area contributed by atoms with Crippen molar-refractivity contribution in [2.24, 2.45) is 11.1 Å². The largest absolute Gasteiger partial charge is 0.334 e. The highest BCUT2D eigenvalue weighted by molar-refractivity contribution is 5.96. The highest BCUT2D eigenvalue weighted by atomic mass is 16.2. The number of nitrogens with zero attached hydrogens (tertiary/aromatic N) is 1. The lowest BCUT2D eigenvalue weighted by Gasteiger charge is -2.26. The fourth-order valence-electron chi connectivity index (χ4n) is 2.15. The Hall–Kier alpha value is -1.40. The summed E-state index contributed by atoms with van der Waals surface area (Å²) in [5.74, 6) is -0.289. The van der Waals surface area contributed by atoms with Crippen LogP contribution in [0.15, 0.2) is 12.7 Å². The first-order valence-electron chi connectivity index (χ1n) is 6.55. The first-order chi connectivity index (χ1) is 8.91. The topological polar surface area (TPSA) is 87.5 Å². The number of hydrogen-bond donors (Lipinski definition) is 3. The molecule has 0 aromatic heterocycles. The van der Waals surface area contributed by atoms with Crippen molar-refractivity contribution in [2.45, 2.75) is 26.3 Å². The molecule has 1 heterocycles. The van der Waals surface area contributed by atoms with Gasteiger partial charge in [-0.3, -0.25) is 15.0 Å². The summed E-state index contributed by atoms with van der Waals surface area (Å²) in [5, 5.41) is 4.84. The average molecular weight is 268 g/mol. The van der Waals surface area contributed by atoms with Gasteiger partial charge in [-0.2, -0.15) is 0 Å². The molecule has 0 saturated carbocycles. The average Bonchev–Trinajstić information content (AvgIpc) is 2.78. The predicted octanol–water partition coefficient (Wildman–Crippen LogP) is 0.0574. The van der Waals surface area contributed by atoms with Crippen molar-refractivity contribution in [3.8, 4) is 0 Å². The molecule has 6 nitrogen and oxygen atoms in total. The van der Waals surface area contributed by atoms with Crippen molar-refractivity contribution in [3.05, 3.63) is 12.7 Å². The van der Waals surface area contributed by atoms with Gasteiger partial charge in [0.1, 0.15) is 0 Å². The maximum absolute atomic E-state index is 11.9. The van der Waals surface area contributed by atoms with Crippen molar-refractivity contribution in [3.63, 3.8) is 0 Å². The summed E-state index contributed by atoms with van der Waals surface area (Å²) in [6.45, 7) is 9.97. The fourth-order valence-corrected chi connectivity index (χ4v) is 2.15. The van der Waals surface area contributed by atoms with Crippen LogP contribution in [0.4, 0.5) is 4.79 Å². The second-order valence-electron chi connectivity index (χ2n) is 5.40. The number of amides is 3. The molecule has 1 fully saturated rings. The van der Waals surface area contributed by atoms with Gasteiger partial charge in [0, 0.05) is 13.1 Å². The van der Waals surface area contributed by atoms with Gasteiger partial charge >= 0.3 is 6.03 Å². The Labute approximate surface area is 114 Å². The van der Waals surface area contributed by atoms with E-state index in [4.69, 9.17) is 5.73 Å². The van der Waals surface area contributed by atoms with E-state index in [0.29, 0.717) is 13.1 Å². The monoisotopic (exact) mass is 268 g/mol. The molecule has 1 aliphatic heterocycles. The number of nitrogens with one attached hydrogen (secondary N) is 2. The van der Waals surface area contributed by atoms with Crippen LogP contribution in [-0.4, -0.2) is 49.1 Å². The SMILES string of the molecule is C=CCNC(=O)NC(=O)C(C)N1CCC(C)(CN)C1. The molecule has 4 N–H and O–H groups in total. The van der Waals surface area contributed by atoms with E-state index in [1.165, 1.54) is 0 Å². The number of hydrogen-bond acceptors (Lipinski definition) is 4. The van der Waals surface area contributed by atoms with E-state index in [2.05, 4.69) is 29.0 Å². The maximum atomic E-state index is 11.9. The van der Waals surface area contributed by atoms with E-state index in [1.54, 1.807) is 13.0 Å². The lowest BCUT2D eigenvalue weighted by atomic mass is 9.90. The minimum atomic E-state index is -0.488. The zero-order valence-corrected chi connectivity index (χ0v) is 11.7. The molecule has 1 aliphatic rings. The van der Waals surface area contributed by atoms with Crippen molar-refractivity contribution in [2.75, 3.05) is 26.2 Å². The Balaban J connectivity index is 2.45. The minimum absolute atomic E-state index is 0.0691. The Bertz CT molecular complexity index is 359. The maximum Gasteiger partial charge on any atom is 0.321 e. The summed E-state index contributed by atoms with van der Waals surface area (Å²) in [7, 11) is 0. The van der Waals surface area contributed by atoms with Crippen LogP contribution in [0.2, 0.25) is 0 Å². The number of imide groups is 1. The van der Waals surface area contributed by atoms with Crippen molar-refractivity contribution in [1.82, 2.24) is 15.5 Å². The van der Waals surface area contributed by atoms with Gasteiger partial charge in [-0.1, -0.05) is 13.0 Å². The van der Waals surface area contributed by atoms with Gasteiger partial charge in [-0.25, -0.2) is 4.79 Å². The molecule has 6 heteroatoms. The standard InChI is InChI=1S/C13H24N4O2/c1-4-6-15-12(19)16-11(18)10(2)17-7-5-13(3,8-14)9-17/h4,10H,1,5-9,14H2,2-3H3,(H2,15,16,18,19). The number of rotatable bonds is 5. The normalized spacial score (nSPS) is 24.8. The third kappa shape index (κ3) is 4.33. The Kier molecular flexibility index (Phi) is 5.50. The van der Waals surface area contributed by atoms with Gasteiger partial charge in [0.2, 0.25) is 5.91 Å². The second-order valence-corrected chi connectivity index (χ2v) is 5.40. The Morgan fingerprint density at radius 3 is 2.79 bits per heavy atom. The number of urea groups is 1. The third-order valence-corrected chi connectivity index (χ3v) is 3.65. The van der Waals surface area contributed by atoms with Crippen molar-refractivity contribution < 1.29 is 9.59 Å². The van der Waals surface area contributed by atoms with Gasteiger partial charge in [-0.15, -0.1) is 6.58 Å². The summed E-state index contributed by atoms with van der Waals surface area (Å²) < 4.78 is 0. The van der Waals surface area contributed by atoms with Gasteiger partial charge in [0.05, 0.1) is 6.04 Å². The number of carbonyl (C=O) groups excluding carboxylic acids is 2. The molecular formula is C13H24N4O2. The summed E-state index contributed by atoms with van der Waals surface area (Å²) in [6.07, 6.45) is 2.53. The van der Waals surface area contributed by atoms with Crippen LogP contribution in [0, 0.1) is 5.41 Å². The molecular weight excluding hydrogens is 244 g/mol. The summed E-state index contributed by atoms with van der Waals surface area (Å²) in [4.78, 5) is 25.4. The zero-order chi connectivity index (χ0) is 14.5. The van der Waals surface area contributed by atoms with Crippen LogP contribution in [-0.2, 0) is 4.79 Å². The van der Waals surface area contributed by atoms with Crippen molar-refractivity contribution >= 4 is 11.9 Å². The van der Waals surface area contributed by atoms with E-state index in [9.17, 15) is 9.59 Å². The van der Waals surface area contributed by atoms with Gasteiger partial charge < -0.3 is 11.1 Å². The van der Waals surface area contributed by atoms with Gasteiger partial charge in [0.25, 0.3) is 0 Å². The molecule has 1 saturated heterocycles. The van der Waals surface area contributed by atoms with Crippen LogP contribution in [0.5, 0.6) is 0 Å². The number of nitrogens with two attached hydrogens (primary N) is 1. The van der Waals surface area contributed by atoms with E-state index in [1.807, 2.05) is 0 Å². The molecule has 0 aromatic carbocycles. The van der Waals surface area contributed by atoms with Crippen LogP contribution in [0.25, 0.3) is 0 Å². The smallest absolute Gasteiger partial charge is 0.321 e. The number of likely N-dealkylation sites (tertiary alicyclic amines) is 1. The summed E-state index contributed by atoms with van der Waals surface area (Å²) in [5.41, 5.74) is 5.81. The van der Waals surface area contributed by atoms with Crippen molar-refractivity contribution in [1.29, 1.82) is 0 Å². The van der Waals surface area contributed by atoms with E-state index in [-0.39, 0.29) is 17.4 Å². The molecule has 3 amide bonds. The zero-order valence-electron chi connectivity index (χ0n) is 11.7. The summed E-state index contributed by atoms with van der Waals surface area (Å²) >= 11 is 0. The molecule has 2 atom stereocenters. The highest BCUT2D eigenvalue weighted by Gasteiger charge is 2.36. The number of carbonyl (C=O) groups is 2. The van der Waals surface area contributed by atoms with Crippen LogP contribution in [0.1, 0.15) is 20.3 Å². The molecule has 19 heavy (non-hydrogen) atoms. The molecule has 0 aromatic rings. The predicted molar refractivity (Wildman–Crippen MR) is 74.6 cm³/mol. The van der Waals surface area contributed by atoms with Crippen LogP contribution < -0.4 is 16.4 Å². The first-order valence-corrected chi connectivity index (χ1v) is 6.55. The fraction of sp³-hybridized carbons (Fsp3) is 0.692. The first kappa shape index (κ1) is 15.7. The molecule has 2 unspecified atom stereocenters. The van der Waals surface area contributed by atoms with E-state index < -0.39 is 6.03 Å². The third-order valence-electron chi connectivity index (χ3n) is 3.65. The van der Waals surface area contributed by atoms with E-state index in [0.717, 1.165) is 19.5 Å². The lowest BCUT2D eigenvalue weighted by molar-refractivity contribution is -0.124.